The zero-order valence-corrected chi connectivity index (χ0v) is 16.0. The average Bonchev–Trinajstić information content (AvgIpc) is 3.11. The minimum Gasteiger partial charge on any atom is -0.381 e. The molecule has 1 atom stereocenters. The van der Waals surface area contributed by atoms with Crippen molar-refractivity contribution in [2.24, 2.45) is 5.92 Å². The van der Waals surface area contributed by atoms with Crippen LogP contribution in [0.2, 0.25) is 5.02 Å². The number of nitrogens with one attached hydrogen (secondary N) is 1. The second-order valence-electron chi connectivity index (χ2n) is 7.63. The topological polar surface area (TPSA) is 79.0 Å². The minimum atomic E-state index is -0.859. The van der Waals surface area contributed by atoms with Crippen LogP contribution in [0, 0.1) is 11.7 Å². The Morgan fingerprint density at radius 2 is 2.00 bits per heavy atom. The van der Waals surface area contributed by atoms with E-state index in [0.29, 0.717) is 39.1 Å². The van der Waals surface area contributed by atoms with Crippen LogP contribution in [0.4, 0.5) is 9.18 Å². The third-order valence-corrected chi connectivity index (χ3v) is 5.97. The summed E-state index contributed by atoms with van der Waals surface area (Å²) in [5.74, 6) is -0.917. The zero-order chi connectivity index (χ0) is 19.9. The second-order valence-corrected chi connectivity index (χ2v) is 8.04. The molecule has 9 heteroatoms. The van der Waals surface area contributed by atoms with Crippen LogP contribution in [0.25, 0.3) is 0 Å². The van der Waals surface area contributed by atoms with Crippen molar-refractivity contribution in [2.45, 2.75) is 31.3 Å². The van der Waals surface area contributed by atoms with Crippen LogP contribution in [0.5, 0.6) is 0 Å². The summed E-state index contributed by atoms with van der Waals surface area (Å²) in [7, 11) is 0. The fourth-order valence-electron chi connectivity index (χ4n) is 4.15. The Morgan fingerprint density at radius 1 is 1.25 bits per heavy atom. The Kier molecular flexibility index (Phi) is 5.01. The standard InChI is InChI=1S/C19H21ClFN3O4/c20-14-7-12(1-2-15(14)21)9-23-10-13(8-16(23)25)11-24-17(26)19(22-18(24)27)3-5-28-6-4-19/h1-2,7,13H,3-6,8-11H2,(H,22,27). The average molecular weight is 410 g/mol. The van der Waals surface area contributed by atoms with Crippen molar-refractivity contribution in [3.8, 4) is 0 Å². The molecule has 1 aromatic rings. The highest BCUT2D eigenvalue weighted by Gasteiger charge is 2.52. The number of halogens is 2. The number of benzene rings is 1. The number of carbonyl (C=O) groups excluding carboxylic acids is 3. The lowest BCUT2D eigenvalue weighted by Crippen LogP contribution is -2.51. The van der Waals surface area contributed by atoms with Gasteiger partial charge in [0.1, 0.15) is 11.4 Å². The summed E-state index contributed by atoms with van der Waals surface area (Å²) < 4.78 is 18.6. The highest BCUT2D eigenvalue weighted by atomic mass is 35.5. The molecule has 0 aliphatic carbocycles. The van der Waals surface area contributed by atoms with E-state index in [0.717, 1.165) is 5.56 Å². The number of amides is 4. The monoisotopic (exact) mass is 409 g/mol. The normalized spacial score (nSPS) is 24.4. The molecule has 7 nitrogen and oxygen atoms in total. The first kappa shape index (κ1) is 19.1. The molecule has 1 N–H and O–H groups in total. The van der Waals surface area contributed by atoms with Crippen LogP contribution in [0.15, 0.2) is 18.2 Å². The fraction of sp³-hybridized carbons (Fsp3) is 0.526. The lowest BCUT2D eigenvalue weighted by Gasteiger charge is -2.30. The first-order valence-corrected chi connectivity index (χ1v) is 9.69. The number of ether oxygens (including phenoxy) is 1. The summed E-state index contributed by atoms with van der Waals surface area (Å²) in [6.07, 6.45) is 1.20. The molecule has 0 saturated carbocycles. The first-order chi connectivity index (χ1) is 13.4. The first-order valence-electron chi connectivity index (χ1n) is 9.31. The van der Waals surface area contributed by atoms with E-state index in [1.165, 1.54) is 17.0 Å². The summed E-state index contributed by atoms with van der Waals surface area (Å²) in [5, 5.41) is 2.84. The highest BCUT2D eigenvalue weighted by molar-refractivity contribution is 6.30. The molecule has 3 fully saturated rings. The van der Waals surface area contributed by atoms with Crippen LogP contribution in [0.1, 0.15) is 24.8 Å². The van der Waals surface area contributed by atoms with Crippen molar-refractivity contribution < 1.29 is 23.5 Å². The number of hydrogen-bond donors (Lipinski definition) is 1. The molecule has 150 valence electrons. The van der Waals surface area contributed by atoms with Gasteiger partial charge in [0, 0.05) is 58.0 Å². The minimum absolute atomic E-state index is 0.0155. The maximum Gasteiger partial charge on any atom is 0.325 e. The van der Waals surface area contributed by atoms with Gasteiger partial charge < -0.3 is 15.0 Å². The van der Waals surface area contributed by atoms with Crippen molar-refractivity contribution in [3.63, 3.8) is 0 Å². The summed E-state index contributed by atoms with van der Waals surface area (Å²) >= 11 is 5.80. The lowest BCUT2D eigenvalue weighted by molar-refractivity contribution is -0.135. The maximum absolute atomic E-state index is 13.3. The number of imide groups is 1. The third kappa shape index (κ3) is 3.46. The summed E-state index contributed by atoms with van der Waals surface area (Å²) in [4.78, 5) is 40.5. The molecule has 28 heavy (non-hydrogen) atoms. The van der Waals surface area contributed by atoms with Gasteiger partial charge in [-0.05, 0) is 17.7 Å². The maximum atomic E-state index is 13.3. The van der Waals surface area contributed by atoms with Gasteiger partial charge in [-0.3, -0.25) is 14.5 Å². The smallest absolute Gasteiger partial charge is 0.325 e. The van der Waals surface area contributed by atoms with Gasteiger partial charge in [0.05, 0.1) is 5.02 Å². The van der Waals surface area contributed by atoms with E-state index in [1.807, 2.05) is 0 Å². The van der Waals surface area contributed by atoms with Crippen LogP contribution < -0.4 is 5.32 Å². The van der Waals surface area contributed by atoms with E-state index >= 15 is 0 Å². The number of likely N-dealkylation sites (tertiary alicyclic amines) is 1. The van der Waals surface area contributed by atoms with E-state index in [1.54, 1.807) is 11.0 Å². The van der Waals surface area contributed by atoms with Crippen molar-refractivity contribution in [1.82, 2.24) is 15.1 Å². The molecule has 1 aromatic carbocycles. The van der Waals surface area contributed by atoms with Crippen molar-refractivity contribution in [3.05, 3.63) is 34.6 Å². The third-order valence-electron chi connectivity index (χ3n) is 5.69. The van der Waals surface area contributed by atoms with Gasteiger partial charge in [0.25, 0.3) is 5.91 Å². The largest absolute Gasteiger partial charge is 0.381 e. The predicted molar refractivity (Wildman–Crippen MR) is 98.0 cm³/mol. The summed E-state index contributed by atoms with van der Waals surface area (Å²) in [6, 6.07) is 3.97. The molecular weight excluding hydrogens is 389 g/mol. The second kappa shape index (κ2) is 7.33. The Hall–Kier alpha value is -2.19. The number of hydrogen-bond acceptors (Lipinski definition) is 4. The molecule has 3 aliphatic heterocycles. The van der Waals surface area contributed by atoms with Gasteiger partial charge in [-0.15, -0.1) is 0 Å². The molecule has 3 aliphatic rings. The molecule has 4 rings (SSSR count). The van der Waals surface area contributed by atoms with Gasteiger partial charge in [0.15, 0.2) is 0 Å². The van der Waals surface area contributed by atoms with Crippen LogP contribution >= 0.6 is 11.6 Å². The van der Waals surface area contributed by atoms with Gasteiger partial charge in [-0.1, -0.05) is 17.7 Å². The molecular formula is C19H21ClFN3O4. The van der Waals surface area contributed by atoms with E-state index in [2.05, 4.69) is 5.32 Å². The number of rotatable bonds is 4. The molecule has 1 spiro atoms. The molecule has 0 aromatic heterocycles. The number of urea groups is 1. The molecule has 1 unspecified atom stereocenters. The lowest BCUT2D eigenvalue weighted by atomic mass is 9.90. The Morgan fingerprint density at radius 3 is 2.71 bits per heavy atom. The van der Waals surface area contributed by atoms with Gasteiger partial charge >= 0.3 is 6.03 Å². The highest BCUT2D eigenvalue weighted by Crippen LogP contribution is 2.30. The summed E-state index contributed by atoms with van der Waals surface area (Å²) in [5.41, 5.74) is -0.126. The van der Waals surface area contributed by atoms with Crippen LogP contribution in [-0.2, 0) is 20.9 Å². The van der Waals surface area contributed by atoms with E-state index in [4.69, 9.17) is 16.3 Å². The summed E-state index contributed by atoms with van der Waals surface area (Å²) in [6.45, 7) is 1.84. The number of nitrogens with zero attached hydrogens (tertiary/aromatic N) is 2. The quantitative estimate of drug-likeness (QED) is 0.771. The van der Waals surface area contributed by atoms with Gasteiger partial charge in [0.2, 0.25) is 5.91 Å². The Labute approximate surface area is 166 Å². The van der Waals surface area contributed by atoms with Crippen LogP contribution in [0.3, 0.4) is 0 Å². The Bertz CT molecular complexity index is 827. The van der Waals surface area contributed by atoms with Gasteiger partial charge in [-0.25, -0.2) is 9.18 Å². The Balaban J connectivity index is 1.39. The molecule has 0 bridgehead atoms. The van der Waals surface area contributed by atoms with Crippen LogP contribution in [-0.4, -0.2) is 59.5 Å². The molecule has 4 amide bonds. The van der Waals surface area contributed by atoms with E-state index in [-0.39, 0.29) is 35.7 Å². The predicted octanol–water partition coefficient (Wildman–Crippen LogP) is 1.93. The SMILES string of the molecule is O=C1CC(CN2C(=O)NC3(CCOCC3)C2=O)CN1Cc1ccc(F)c(Cl)c1. The molecule has 0 radical (unpaired) electrons. The van der Waals surface area contributed by atoms with Crippen molar-refractivity contribution in [2.75, 3.05) is 26.3 Å². The number of carbonyl (C=O) groups is 3. The van der Waals surface area contributed by atoms with E-state index in [9.17, 15) is 18.8 Å². The van der Waals surface area contributed by atoms with Crippen molar-refractivity contribution >= 4 is 29.4 Å². The zero-order valence-electron chi connectivity index (χ0n) is 15.2. The van der Waals surface area contributed by atoms with Crippen molar-refractivity contribution in [1.29, 1.82) is 0 Å². The fourth-order valence-corrected chi connectivity index (χ4v) is 4.35. The molecule has 3 heterocycles. The van der Waals surface area contributed by atoms with Gasteiger partial charge in [-0.2, -0.15) is 0 Å². The molecule has 3 saturated heterocycles. The van der Waals surface area contributed by atoms with E-state index < -0.39 is 17.4 Å².